The molecule has 2 rings (SSSR count). The third-order valence-electron chi connectivity index (χ3n) is 3.74. The summed E-state index contributed by atoms with van der Waals surface area (Å²) >= 11 is 0. The highest BCUT2D eigenvalue weighted by molar-refractivity contribution is 7.91. The maximum absolute atomic E-state index is 12.7. The van der Waals surface area contributed by atoms with E-state index in [9.17, 15) is 17.2 Å². The van der Waals surface area contributed by atoms with Crippen LogP contribution in [0, 0.1) is 5.92 Å². The molecule has 1 aliphatic carbocycles. The van der Waals surface area contributed by atoms with Gasteiger partial charge < -0.3 is 5.32 Å². The summed E-state index contributed by atoms with van der Waals surface area (Å²) in [6, 6.07) is 5.92. The SMILES string of the molecule is CC(CC1CCC1)Nc1ccccc1S(=O)(=O)C(F)F. The smallest absolute Gasteiger partial charge is 0.341 e. The molecule has 20 heavy (non-hydrogen) atoms. The van der Waals surface area contributed by atoms with Crippen LogP contribution in [0.5, 0.6) is 0 Å². The van der Waals surface area contributed by atoms with Crippen LogP contribution < -0.4 is 5.32 Å². The van der Waals surface area contributed by atoms with Gasteiger partial charge in [-0.3, -0.25) is 0 Å². The number of rotatable bonds is 6. The molecule has 0 aliphatic heterocycles. The Morgan fingerprint density at radius 3 is 2.50 bits per heavy atom. The number of sulfone groups is 1. The van der Waals surface area contributed by atoms with Crippen LogP contribution in [0.1, 0.15) is 32.6 Å². The van der Waals surface area contributed by atoms with Crippen molar-refractivity contribution >= 4 is 15.5 Å². The lowest BCUT2D eigenvalue weighted by Crippen LogP contribution is -2.24. The molecule has 1 aliphatic rings. The molecule has 0 bridgehead atoms. The van der Waals surface area contributed by atoms with E-state index in [4.69, 9.17) is 0 Å². The van der Waals surface area contributed by atoms with Crippen molar-refractivity contribution < 1.29 is 17.2 Å². The number of nitrogens with one attached hydrogen (secondary N) is 1. The molecule has 112 valence electrons. The first-order chi connectivity index (χ1) is 9.41. The van der Waals surface area contributed by atoms with Crippen LogP contribution in [0.4, 0.5) is 14.5 Å². The predicted octanol–water partition coefficient (Wildman–Crippen LogP) is 3.67. The minimum absolute atomic E-state index is 0.0642. The van der Waals surface area contributed by atoms with E-state index in [1.54, 1.807) is 6.07 Å². The van der Waals surface area contributed by atoms with Gasteiger partial charge in [-0.25, -0.2) is 8.42 Å². The number of benzene rings is 1. The zero-order valence-electron chi connectivity index (χ0n) is 11.4. The first-order valence-corrected chi connectivity index (χ1v) is 8.33. The molecule has 1 unspecified atom stereocenters. The normalized spacial score (nSPS) is 17.8. The zero-order chi connectivity index (χ0) is 14.8. The number of hydrogen-bond donors (Lipinski definition) is 1. The van der Waals surface area contributed by atoms with E-state index in [0.29, 0.717) is 5.92 Å². The largest absolute Gasteiger partial charge is 0.382 e. The summed E-state index contributed by atoms with van der Waals surface area (Å²) in [4.78, 5) is -0.324. The van der Waals surface area contributed by atoms with Crippen LogP contribution in [0.3, 0.4) is 0 Å². The molecule has 1 aromatic carbocycles. The summed E-state index contributed by atoms with van der Waals surface area (Å²) in [5.74, 6) is -2.73. The van der Waals surface area contributed by atoms with Crippen LogP contribution in [-0.2, 0) is 9.84 Å². The van der Waals surface area contributed by atoms with Crippen molar-refractivity contribution in [3.8, 4) is 0 Å². The summed E-state index contributed by atoms with van der Waals surface area (Å²) in [6.07, 6.45) is 4.57. The highest BCUT2D eigenvalue weighted by atomic mass is 32.2. The molecule has 1 atom stereocenters. The van der Waals surface area contributed by atoms with E-state index in [-0.39, 0.29) is 16.6 Å². The monoisotopic (exact) mass is 303 g/mol. The van der Waals surface area contributed by atoms with Crippen molar-refractivity contribution in [1.82, 2.24) is 0 Å². The molecule has 1 N–H and O–H groups in total. The Balaban J connectivity index is 2.15. The van der Waals surface area contributed by atoms with Gasteiger partial charge in [0.05, 0.1) is 10.6 Å². The molecule has 0 spiro atoms. The van der Waals surface area contributed by atoms with Crippen molar-refractivity contribution in [3.63, 3.8) is 0 Å². The van der Waals surface area contributed by atoms with Crippen LogP contribution >= 0.6 is 0 Å². The Kier molecular flexibility index (Phi) is 4.62. The predicted molar refractivity (Wildman–Crippen MR) is 74.7 cm³/mol. The van der Waals surface area contributed by atoms with Crippen molar-refractivity contribution in [3.05, 3.63) is 24.3 Å². The minimum atomic E-state index is -4.57. The first kappa shape index (κ1) is 15.2. The van der Waals surface area contributed by atoms with Gasteiger partial charge in [-0.2, -0.15) is 8.78 Å². The lowest BCUT2D eigenvalue weighted by Gasteiger charge is -2.29. The molecular formula is C14H19F2NO2S. The number of hydrogen-bond acceptors (Lipinski definition) is 3. The lowest BCUT2D eigenvalue weighted by molar-refractivity contribution is 0.235. The average molecular weight is 303 g/mol. The van der Waals surface area contributed by atoms with Gasteiger partial charge in [0.2, 0.25) is 9.84 Å². The number of para-hydroxylation sites is 1. The third-order valence-corrected chi connectivity index (χ3v) is 5.18. The van der Waals surface area contributed by atoms with E-state index in [0.717, 1.165) is 6.42 Å². The van der Waals surface area contributed by atoms with Gasteiger partial charge in [-0.15, -0.1) is 0 Å². The Morgan fingerprint density at radius 2 is 1.95 bits per heavy atom. The molecule has 6 heteroatoms. The number of anilines is 1. The zero-order valence-corrected chi connectivity index (χ0v) is 12.2. The summed E-state index contributed by atoms with van der Waals surface area (Å²) in [5, 5.41) is 3.06. The summed E-state index contributed by atoms with van der Waals surface area (Å²) in [6.45, 7) is 1.95. The van der Waals surface area contributed by atoms with Gasteiger partial charge in [-0.05, 0) is 31.4 Å². The van der Waals surface area contributed by atoms with Crippen LogP contribution in [-0.4, -0.2) is 20.2 Å². The van der Waals surface area contributed by atoms with Gasteiger partial charge >= 0.3 is 5.76 Å². The second-order valence-electron chi connectivity index (χ2n) is 5.38. The second-order valence-corrected chi connectivity index (χ2v) is 7.27. The standard InChI is InChI=1S/C14H19F2NO2S/c1-10(9-11-5-4-6-11)17-12-7-2-3-8-13(12)20(18,19)14(15)16/h2-3,7-8,10-11,14,17H,4-6,9H2,1H3. The lowest BCUT2D eigenvalue weighted by atomic mass is 9.81. The molecule has 3 nitrogen and oxygen atoms in total. The fourth-order valence-electron chi connectivity index (χ4n) is 2.48. The highest BCUT2D eigenvalue weighted by Crippen LogP contribution is 2.32. The van der Waals surface area contributed by atoms with E-state index in [1.807, 2.05) is 6.92 Å². The quantitative estimate of drug-likeness (QED) is 0.872. The molecule has 1 fully saturated rings. The van der Waals surface area contributed by atoms with Gasteiger partial charge in [0.25, 0.3) is 0 Å². The van der Waals surface area contributed by atoms with E-state index in [2.05, 4.69) is 5.32 Å². The van der Waals surface area contributed by atoms with Gasteiger partial charge in [0, 0.05) is 6.04 Å². The van der Waals surface area contributed by atoms with Crippen LogP contribution in [0.2, 0.25) is 0 Å². The van der Waals surface area contributed by atoms with Crippen molar-refractivity contribution in [1.29, 1.82) is 0 Å². The van der Waals surface area contributed by atoms with Gasteiger partial charge in [0.15, 0.2) is 0 Å². The molecule has 0 saturated heterocycles. The van der Waals surface area contributed by atoms with Gasteiger partial charge in [0.1, 0.15) is 0 Å². The number of halogens is 2. The average Bonchev–Trinajstić information content (AvgIpc) is 2.34. The first-order valence-electron chi connectivity index (χ1n) is 6.79. The van der Waals surface area contributed by atoms with E-state index >= 15 is 0 Å². The van der Waals surface area contributed by atoms with Crippen molar-refractivity contribution in [2.24, 2.45) is 5.92 Å². The summed E-state index contributed by atoms with van der Waals surface area (Å²) < 4.78 is 48.6. The summed E-state index contributed by atoms with van der Waals surface area (Å²) in [5.41, 5.74) is 0.264. The van der Waals surface area contributed by atoms with E-state index < -0.39 is 15.6 Å². The molecule has 0 radical (unpaired) electrons. The minimum Gasteiger partial charge on any atom is -0.382 e. The van der Waals surface area contributed by atoms with Crippen molar-refractivity contribution in [2.75, 3.05) is 5.32 Å². The van der Waals surface area contributed by atoms with Gasteiger partial charge in [-0.1, -0.05) is 31.4 Å². The topological polar surface area (TPSA) is 46.2 Å². The fraction of sp³-hybridized carbons (Fsp3) is 0.571. The molecular weight excluding hydrogens is 284 g/mol. The molecule has 0 amide bonds. The highest BCUT2D eigenvalue weighted by Gasteiger charge is 2.29. The molecule has 0 aromatic heterocycles. The molecule has 1 aromatic rings. The van der Waals surface area contributed by atoms with E-state index in [1.165, 1.54) is 37.5 Å². The third kappa shape index (κ3) is 3.29. The second kappa shape index (κ2) is 6.08. The molecule has 1 saturated carbocycles. The Labute approximate surface area is 118 Å². The Bertz CT molecular complexity index is 556. The summed E-state index contributed by atoms with van der Waals surface area (Å²) in [7, 11) is -4.57. The Hall–Kier alpha value is -1.17. The van der Waals surface area contributed by atoms with Crippen LogP contribution in [0.25, 0.3) is 0 Å². The van der Waals surface area contributed by atoms with Crippen LogP contribution in [0.15, 0.2) is 29.2 Å². The maximum Gasteiger partial charge on any atom is 0.341 e. The maximum atomic E-state index is 12.7. The number of alkyl halides is 2. The van der Waals surface area contributed by atoms with Crippen molar-refractivity contribution in [2.45, 2.75) is 49.3 Å². The fourth-order valence-corrected chi connectivity index (χ4v) is 3.38. The molecule has 0 heterocycles. The Morgan fingerprint density at radius 1 is 1.30 bits per heavy atom.